The standard InChI is InChI=1S/C12H13F/c1-2-6-12(13)10-9-11-7-4-3-5-8-11/h3-5,7-8,12H,9-10H2,1H3. The van der Waals surface area contributed by atoms with Gasteiger partial charge in [-0.2, -0.15) is 0 Å². The molecule has 0 aliphatic heterocycles. The zero-order valence-electron chi connectivity index (χ0n) is 7.76. The van der Waals surface area contributed by atoms with E-state index in [1.54, 1.807) is 6.92 Å². The Balaban J connectivity index is 2.38. The Bertz CT molecular complexity index is 292. The normalized spacial score (nSPS) is 11.5. The Labute approximate surface area is 78.8 Å². The molecule has 1 rings (SSSR count). The van der Waals surface area contributed by atoms with E-state index in [4.69, 9.17) is 0 Å². The fourth-order valence-electron chi connectivity index (χ4n) is 1.17. The maximum Gasteiger partial charge on any atom is 0.161 e. The topological polar surface area (TPSA) is 0 Å². The molecule has 0 aromatic heterocycles. The second kappa shape index (κ2) is 5.37. The summed E-state index contributed by atoms with van der Waals surface area (Å²) in [7, 11) is 0. The SMILES string of the molecule is CC#CC(F)CCc1ccccc1. The predicted octanol–water partition coefficient (Wildman–Crippen LogP) is 2.98. The van der Waals surface area contributed by atoms with Crippen LogP contribution in [0.4, 0.5) is 4.39 Å². The van der Waals surface area contributed by atoms with Crippen LogP contribution in [0.2, 0.25) is 0 Å². The Hall–Kier alpha value is -1.29. The maximum atomic E-state index is 12.9. The average molecular weight is 176 g/mol. The van der Waals surface area contributed by atoms with Crippen molar-refractivity contribution in [3.05, 3.63) is 35.9 Å². The number of halogens is 1. The molecule has 68 valence electrons. The minimum atomic E-state index is -0.981. The highest BCUT2D eigenvalue weighted by atomic mass is 19.1. The first-order chi connectivity index (χ1) is 6.33. The Morgan fingerprint density at radius 3 is 2.62 bits per heavy atom. The van der Waals surface area contributed by atoms with Crippen LogP contribution >= 0.6 is 0 Å². The molecular weight excluding hydrogens is 163 g/mol. The summed E-state index contributed by atoms with van der Waals surface area (Å²) in [6.07, 6.45) is 0.270. The van der Waals surface area contributed by atoms with Crippen LogP contribution in [0.5, 0.6) is 0 Å². The summed E-state index contributed by atoms with van der Waals surface area (Å²) in [4.78, 5) is 0. The monoisotopic (exact) mass is 176 g/mol. The average Bonchev–Trinajstić information content (AvgIpc) is 2.17. The number of aryl methyl sites for hydroxylation is 1. The van der Waals surface area contributed by atoms with Crippen LogP contribution in [-0.4, -0.2) is 6.17 Å². The van der Waals surface area contributed by atoms with Crippen molar-refractivity contribution >= 4 is 0 Å². The molecule has 0 amide bonds. The van der Waals surface area contributed by atoms with Crippen LogP contribution in [0.1, 0.15) is 18.9 Å². The lowest BCUT2D eigenvalue weighted by Crippen LogP contribution is -1.98. The molecule has 0 bridgehead atoms. The Morgan fingerprint density at radius 1 is 1.31 bits per heavy atom. The molecule has 0 fully saturated rings. The van der Waals surface area contributed by atoms with E-state index in [0.29, 0.717) is 6.42 Å². The quantitative estimate of drug-likeness (QED) is 0.621. The summed E-state index contributed by atoms with van der Waals surface area (Å²) in [5.41, 5.74) is 1.17. The Morgan fingerprint density at radius 2 is 2.00 bits per heavy atom. The van der Waals surface area contributed by atoms with Crippen LogP contribution in [-0.2, 0) is 6.42 Å². The lowest BCUT2D eigenvalue weighted by molar-refractivity contribution is 0.391. The molecule has 0 saturated heterocycles. The van der Waals surface area contributed by atoms with Crippen LogP contribution in [0.3, 0.4) is 0 Å². The fourth-order valence-corrected chi connectivity index (χ4v) is 1.17. The van der Waals surface area contributed by atoms with Gasteiger partial charge in [-0.15, -0.1) is 5.92 Å². The van der Waals surface area contributed by atoms with E-state index < -0.39 is 6.17 Å². The van der Waals surface area contributed by atoms with Crippen LogP contribution in [0, 0.1) is 11.8 Å². The van der Waals surface area contributed by atoms with Gasteiger partial charge < -0.3 is 0 Å². The molecule has 0 heterocycles. The molecule has 0 nitrogen and oxygen atoms in total. The molecule has 0 saturated carbocycles. The van der Waals surface area contributed by atoms with Crippen molar-refractivity contribution in [2.75, 3.05) is 0 Å². The van der Waals surface area contributed by atoms with Gasteiger partial charge in [0.15, 0.2) is 6.17 Å². The van der Waals surface area contributed by atoms with Crippen molar-refractivity contribution in [1.82, 2.24) is 0 Å². The van der Waals surface area contributed by atoms with Crippen molar-refractivity contribution < 1.29 is 4.39 Å². The summed E-state index contributed by atoms with van der Waals surface area (Å²) in [5.74, 6) is 5.08. The molecule has 1 atom stereocenters. The van der Waals surface area contributed by atoms with Crippen LogP contribution in [0.25, 0.3) is 0 Å². The number of alkyl halides is 1. The van der Waals surface area contributed by atoms with Crippen molar-refractivity contribution in [2.45, 2.75) is 25.9 Å². The smallest absolute Gasteiger partial charge is 0.161 e. The molecule has 0 aliphatic carbocycles. The number of hydrogen-bond acceptors (Lipinski definition) is 0. The van der Waals surface area contributed by atoms with E-state index in [1.165, 1.54) is 5.56 Å². The summed E-state index contributed by atoms with van der Waals surface area (Å²) >= 11 is 0. The van der Waals surface area contributed by atoms with Gasteiger partial charge in [0.05, 0.1) is 0 Å². The number of rotatable bonds is 3. The van der Waals surface area contributed by atoms with Gasteiger partial charge in [0.2, 0.25) is 0 Å². The van der Waals surface area contributed by atoms with Crippen LogP contribution < -0.4 is 0 Å². The molecule has 1 aromatic carbocycles. The number of hydrogen-bond donors (Lipinski definition) is 0. The molecule has 1 unspecified atom stereocenters. The molecule has 1 aromatic rings. The van der Waals surface area contributed by atoms with E-state index in [2.05, 4.69) is 11.8 Å². The molecular formula is C12H13F. The second-order valence-corrected chi connectivity index (χ2v) is 2.89. The van der Waals surface area contributed by atoms with Gasteiger partial charge in [0.1, 0.15) is 0 Å². The largest absolute Gasteiger partial charge is 0.233 e. The highest BCUT2D eigenvalue weighted by Crippen LogP contribution is 2.06. The van der Waals surface area contributed by atoms with E-state index >= 15 is 0 Å². The third-order valence-electron chi connectivity index (χ3n) is 1.83. The van der Waals surface area contributed by atoms with E-state index in [0.717, 1.165) is 6.42 Å². The molecule has 0 spiro atoms. The molecule has 0 radical (unpaired) electrons. The predicted molar refractivity (Wildman–Crippen MR) is 53.1 cm³/mol. The van der Waals surface area contributed by atoms with Crippen molar-refractivity contribution in [2.24, 2.45) is 0 Å². The maximum absolute atomic E-state index is 12.9. The molecule has 0 aliphatic rings. The first-order valence-electron chi connectivity index (χ1n) is 4.43. The first kappa shape index (κ1) is 9.80. The molecule has 0 N–H and O–H groups in total. The third kappa shape index (κ3) is 3.75. The highest BCUT2D eigenvalue weighted by molar-refractivity contribution is 5.15. The number of benzene rings is 1. The second-order valence-electron chi connectivity index (χ2n) is 2.89. The van der Waals surface area contributed by atoms with Gasteiger partial charge in [0.25, 0.3) is 0 Å². The summed E-state index contributed by atoms with van der Waals surface area (Å²) < 4.78 is 12.9. The van der Waals surface area contributed by atoms with E-state index in [-0.39, 0.29) is 0 Å². The van der Waals surface area contributed by atoms with Gasteiger partial charge in [-0.1, -0.05) is 36.3 Å². The third-order valence-corrected chi connectivity index (χ3v) is 1.83. The molecule has 1 heteroatoms. The molecule has 13 heavy (non-hydrogen) atoms. The van der Waals surface area contributed by atoms with Crippen LogP contribution in [0.15, 0.2) is 30.3 Å². The van der Waals surface area contributed by atoms with Gasteiger partial charge >= 0.3 is 0 Å². The summed E-state index contributed by atoms with van der Waals surface area (Å²) in [5, 5.41) is 0. The lowest BCUT2D eigenvalue weighted by atomic mass is 10.1. The summed E-state index contributed by atoms with van der Waals surface area (Å²) in [6, 6.07) is 9.91. The van der Waals surface area contributed by atoms with Crippen molar-refractivity contribution in [1.29, 1.82) is 0 Å². The Kier molecular flexibility index (Phi) is 4.05. The van der Waals surface area contributed by atoms with Crippen molar-refractivity contribution in [3.63, 3.8) is 0 Å². The first-order valence-corrected chi connectivity index (χ1v) is 4.43. The van der Waals surface area contributed by atoms with E-state index in [9.17, 15) is 4.39 Å². The zero-order valence-corrected chi connectivity index (χ0v) is 7.76. The lowest BCUT2D eigenvalue weighted by Gasteiger charge is -2.00. The van der Waals surface area contributed by atoms with Gasteiger partial charge in [0, 0.05) is 0 Å². The minimum Gasteiger partial charge on any atom is -0.233 e. The van der Waals surface area contributed by atoms with Gasteiger partial charge in [-0.25, -0.2) is 4.39 Å². The van der Waals surface area contributed by atoms with Gasteiger partial charge in [-0.05, 0) is 25.3 Å². The fraction of sp³-hybridized carbons (Fsp3) is 0.333. The zero-order chi connectivity index (χ0) is 9.52. The van der Waals surface area contributed by atoms with Crippen molar-refractivity contribution in [3.8, 4) is 11.8 Å². The van der Waals surface area contributed by atoms with E-state index in [1.807, 2.05) is 30.3 Å². The highest BCUT2D eigenvalue weighted by Gasteiger charge is 2.01. The summed E-state index contributed by atoms with van der Waals surface area (Å²) in [6.45, 7) is 1.66. The van der Waals surface area contributed by atoms with Gasteiger partial charge in [-0.3, -0.25) is 0 Å². The minimum absolute atomic E-state index is 0.491.